The van der Waals surface area contributed by atoms with E-state index >= 15 is 0 Å². The normalized spacial score (nSPS) is 11.5. The number of aromatic hydroxyl groups is 1. The zero-order chi connectivity index (χ0) is 27.0. The predicted octanol–water partition coefficient (Wildman–Crippen LogP) is 3.53. The van der Waals surface area contributed by atoms with Crippen LogP contribution in [-0.4, -0.2) is 96.1 Å². The van der Waals surface area contributed by atoms with Gasteiger partial charge in [0.2, 0.25) is 0 Å². The van der Waals surface area contributed by atoms with E-state index < -0.39 is 41.7 Å². The Hall–Kier alpha value is -2.37. The average molecular weight is 589 g/mol. The van der Waals surface area contributed by atoms with Crippen molar-refractivity contribution in [2.45, 2.75) is 9.79 Å². The molecule has 4 aromatic rings. The minimum Gasteiger partial charge on any atom is -0.507 e. The van der Waals surface area contributed by atoms with Gasteiger partial charge in [-0.05, 0) is 47.9 Å². The van der Waals surface area contributed by atoms with E-state index in [1.807, 2.05) is 0 Å². The van der Waals surface area contributed by atoms with Crippen molar-refractivity contribution in [3.05, 3.63) is 78.4 Å². The molecular weight excluding hydrogens is 570 g/mol. The van der Waals surface area contributed by atoms with Crippen LogP contribution < -0.4 is 11.1 Å². The molecule has 0 unspecified atom stereocenters. The van der Waals surface area contributed by atoms with E-state index in [1.165, 1.54) is 24.3 Å². The standard InChI is InChI=1S/C23H18N4O8S2.2Na/c24-17-8-6-14-10-16(36(30,31)32)12-19(28)21(14)22(17)27-26-18-9-7-15(11-20(18)37(33,34)35)25-23(29)13-4-2-1-3-5-13;;/h1-12,28H,24H2,(H,25,29)(H,30,31,32)(H,33,34,35);;. The number of hydrogen-bond donors (Lipinski definition) is 5. The Morgan fingerprint density at radius 3 is 2.10 bits per heavy atom. The second-order valence-corrected chi connectivity index (χ2v) is 10.5. The summed E-state index contributed by atoms with van der Waals surface area (Å²) in [6, 6.07) is 16.3. The second-order valence-electron chi connectivity index (χ2n) is 7.70. The number of nitrogens with zero attached hydrogens (tertiary/aromatic N) is 2. The van der Waals surface area contributed by atoms with Gasteiger partial charge in [0.1, 0.15) is 22.0 Å². The number of nitrogen functional groups attached to an aromatic ring is 1. The van der Waals surface area contributed by atoms with E-state index in [0.29, 0.717) is 5.56 Å². The van der Waals surface area contributed by atoms with Crippen LogP contribution in [0.3, 0.4) is 0 Å². The van der Waals surface area contributed by atoms with Crippen molar-refractivity contribution >= 4 is 119 Å². The largest absolute Gasteiger partial charge is 0.507 e. The number of rotatable bonds is 6. The van der Waals surface area contributed by atoms with Gasteiger partial charge in [0.15, 0.2) is 0 Å². The van der Waals surface area contributed by atoms with Gasteiger partial charge in [-0.15, -0.1) is 10.2 Å². The summed E-state index contributed by atoms with van der Waals surface area (Å²) in [5.74, 6) is -1.10. The quantitative estimate of drug-likeness (QED) is 0.0964. The van der Waals surface area contributed by atoms with Crippen LogP contribution in [-0.2, 0) is 20.2 Å². The van der Waals surface area contributed by atoms with Crippen molar-refractivity contribution in [2.24, 2.45) is 10.2 Å². The van der Waals surface area contributed by atoms with E-state index in [9.17, 15) is 35.8 Å². The Balaban J connectivity index is 0.00000267. The number of anilines is 2. The number of phenolic OH excluding ortho intramolecular Hbond substituents is 1. The molecule has 0 aromatic heterocycles. The number of amides is 1. The summed E-state index contributed by atoms with van der Waals surface area (Å²) in [6.07, 6.45) is 0. The number of nitrogens with two attached hydrogens (primary N) is 1. The first kappa shape index (κ1) is 32.8. The van der Waals surface area contributed by atoms with Gasteiger partial charge in [-0.25, -0.2) is 0 Å². The SMILES string of the molecule is Nc1ccc2cc(S(=O)(=O)O)cc(O)c2c1N=Nc1ccc(NC(=O)c2ccccc2)cc1S(=O)(=O)O.[Na].[Na]. The van der Waals surface area contributed by atoms with Gasteiger partial charge < -0.3 is 16.2 Å². The maximum absolute atomic E-state index is 12.4. The topological polar surface area (TPSA) is 209 Å². The number of azo groups is 1. The molecular formula is C23H18N4Na2O8S2. The van der Waals surface area contributed by atoms with E-state index in [2.05, 4.69) is 15.5 Å². The summed E-state index contributed by atoms with van der Waals surface area (Å²) in [5, 5.41) is 20.8. The fourth-order valence-electron chi connectivity index (χ4n) is 3.45. The van der Waals surface area contributed by atoms with Crippen LogP contribution in [0.5, 0.6) is 5.75 Å². The first-order chi connectivity index (χ1) is 17.3. The Morgan fingerprint density at radius 2 is 1.49 bits per heavy atom. The summed E-state index contributed by atoms with van der Waals surface area (Å²) >= 11 is 0. The zero-order valence-electron chi connectivity index (χ0n) is 20.6. The Labute approximate surface area is 267 Å². The molecule has 2 radical (unpaired) electrons. The van der Waals surface area contributed by atoms with Crippen LogP contribution in [0.25, 0.3) is 10.8 Å². The molecule has 0 saturated carbocycles. The first-order valence-corrected chi connectivity index (χ1v) is 13.1. The minimum atomic E-state index is -4.82. The third-order valence-electron chi connectivity index (χ3n) is 5.16. The third-order valence-corrected chi connectivity index (χ3v) is 6.88. The van der Waals surface area contributed by atoms with E-state index in [1.54, 1.807) is 30.3 Å². The van der Waals surface area contributed by atoms with Gasteiger partial charge in [-0.2, -0.15) is 16.8 Å². The smallest absolute Gasteiger partial charge is 0.296 e. The maximum atomic E-state index is 12.4. The van der Waals surface area contributed by atoms with Crippen LogP contribution >= 0.6 is 0 Å². The fourth-order valence-corrected chi connectivity index (χ4v) is 4.63. The average Bonchev–Trinajstić information content (AvgIpc) is 2.83. The molecule has 0 atom stereocenters. The van der Waals surface area contributed by atoms with Gasteiger partial charge in [0.05, 0.1) is 16.0 Å². The van der Waals surface area contributed by atoms with Gasteiger partial charge in [0, 0.05) is 76.4 Å². The molecule has 192 valence electrons. The summed E-state index contributed by atoms with van der Waals surface area (Å²) in [4.78, 5) is 11.2. The van der Waals surface area contributed by atoms with E-state index in [4.69, 9.17) is 5.73 Å². The zero-order valence-corrected chi connectivity index (χ0v) is 26.2. The summed E-state index contributed by atoms with van der Waals surface area (Å²) in [7, 11) is -9.44. The van der Waals surface area contributed by atoms with Crippen LogP contribution in [0.4, 0.5) is 22.7 Å². The van der Waals surface area contributed by atoms with Crippen molar-refractivity contribution < 1.29 is 35.8 Å². The van der Waals surface area contributed by atoms with Crippen LogP contribution in [0, 0.1) is 0 Å². The first-order valence-electron chi connectivity index (χ1n) is 10.3. The van der Waals surface area contributed by atoms with Crippen LogP contribution in [0.1, 0.15) is 10.4 Å². The molecule has 0 fully saturated rings. The van der Waals surface area contributed by atoms with E-state index in [0.717, 1.165) is 18.2 Å². The molecule has 16 heteroatoms. The van der Waals surface area contributed by atoms with Gasteiger partial charge in [-0.3, -0.25) is 13.9 Å². The minimum absolute atomic E-state index is 0. The Morgan fingerprint density at radius 1 is 0.821 bits per heavy atom. The molecule has 0 bridgehead atoms. The molecule has 6 N–H and O–H groups in total. The van der Waals surface area contributed by atoms with Gasteiger partial charge in [0.25, 0.3) is 26.1 Å². The predicted molar refractivity (Wildman–Crippen MR) is 146 cm³/mol. The summed E-state index contributed by atoms with van der Waals surface area (Å²) in [6.45, 7) is 0. The number of fused-ring (bicyclic) bond motifs is 1. The van der Waals surface area contributed by atoms with Crippen LogP contribution in [0.2, 0.25) is 0 Å². The van der Waals surface area contributed by atoms with Crippen molar-refractivity contribution in [2.75, 3.05) is 11.1 Å². The number of hydrogen-bond acceptors (Lipinski definition) is 9. The van der Waals surface area contributed by atoms with Crippen molar-refractivity contribution in [1.29, 1.82) is 0 Å². The van der Waals surface area contributed by atoms with Gasteiger partial charge >= 0.3 is 0 Å². The Bertz CT molecular complexity index is 1800. The molecule has 4 aromatic carbocycles. The molecule has 39 heavy (non-hydrogen) atoms. The number of phenols is 1. The van der Waals surface area contributed by atoms with Crippen LogP contribution in [0.15, 0.2) is 92.8 Å². The van der Waals surface area contributed by atoms with Crippen molar-refractivity contribution in [3.8, 4) is 5.75 Å². The number of carbonyl (C=O) groups excluding carboxylic acids is 1. The molecule has 4 rings (SSSR count). The monoisotopic (exact) mass is 588 g/mol. The summed E-state index contributed by atoms with van der Waals surface area (Å²) < 4.78 is 66.0. The molecule has 0 aliphatic heterocycles. The van der Waals surface area contributed by atoms with Crippen molar-refractivity contribution in [3.63, 3.8) is 0 Å². The number of benzene rings is 4. The number of carbonyl (C=O) groups is 1. The van der Waals surface area contributed by atoms with Gasteiger partial charge in [-0.1, -0.05) is 24.3 Å². The molecule has 1 amide bonds. The molecule has 12 nitrogen and oxygen atoms in total. The van der Waals surface area contributed by atoms with Crippen molar-refractivity contribution in [1.82, 2.24) is 0 Å². The molecule has 0 spiro atoms. The maximum Gasteiger partial charge on any atom is 0.296 e. The second kappa shape index (κ2) is 12.9. The molecule has 0 aliphatic rings. The summed E-state index contributed by atoms with van der Waals surface area (Å²) in [5.41, 5.74) is 5.90. The Kier molecular flexibility index (Phi) is 10.8. The molecule has 0 heterocycles. The third kappa shape index (κ3) is 7.64. The number of nitrogens with one attached hydrogen (secondary N) is 1. The fraction of sp³-hybridized carbons (Fsp3) is 0. The molecule has 0 aliphatic carbocycles. The molecule has 0 saturated heterocycles. The van der Waals surface area contributed by atoms with E-state index in [-0.39, 0.29) is 92.6 Å².